The lowest BCUT2D eigenvalue weighted by Crippen LogP contribution is -2.38. The summed E-state index contributed by atoms with van der Waals surface area (Å²) in [5.74, 6) is 1.62. The summed E-state index contributed by atoms with van der Waals surface area (Å²) in [6.07, 6.45) is 4.60. The first-order valence-electron chi connectivity index (χ1n) is 7.65. The van der Waals surface area contributed by atoms with Gasteiger partial charge in [0.1, 0.15) is 5.82 Å². The van der Waals surface area contributed by atoms with Crippen LogP contribution in [0, 0.1) is 23.1 Å². The van der Waals surface area contributed by atoms with E-state index in [4.69, 9.17) is 11.6 Å². The van der Waals surface area contributed by atoms with Gasteiger partial charge in [0.2, 0.25) is 0 Å². The molecule has 0 heterocycles. The van der Waals surface area contributed by atoms with E-state index in [1.165, 1.54) is 25.3 Å². The van der Waals surface area contributed by atoms with Gasteiger partial charge in [-0.3, -0.25) is 0 Å². The van der Waals surface area contributed by atoms with E-state index >= 15 is 0 Å². The molecule has 110 valence electrons. The summed E-state index contributed by atoms with van der Waals surface area (Å²) in [7, 11) is 0. The number of fused-ring (bicyclic) bond motifs is 1. The number of nitrogens with one attached hydrogen (secondary N) is 1. The highest BCUT2D eigenvalue weighted by Crippen LogP contribution is 2.60. The van der Waals surface area contributed by atoms with Crippen molar-refractivity contribution in [3.05, 3.63) is 34.6 Å². The van der Waals surface area contributed by atoms with Gasteiger partial charge in [0.05, 0.1) is 0 Å². The van der Waals surface area contributed by atoms with Crippen LogP contribution in [0.4, 0.5) is 4.39 Å². The maximum absolute atomic E-state index is 14.1. The van der Waals surface area contributed by atoms with E-state index < -0.39 is 0 Å². The van der Waals surface area contributed by atoms with Crippen molar-refractivity contribution in [2.75, 3.05) is 6.54 Å². The molecule has 20 heavy (non-hydrogen) atoms. The Kier molecular flexibility index (Phi) is 3.81. The number of hydrogen-bond donors (Lipinski definition) is 1. The summed E-state index contributed by atoms with van der Waals surface area (Å²) >= 11 is 6.22. The minimum absolute atomic E-state index is 0.151. The zero-order valence-corrected chi connectivity index (χ0v) is 13.0. The van der Waals surface area contributed by atoms with Gasteiger partial charge in [-0.2, -0.15) is 0 Å². The summed E-state index contributed by atoms with van der Waals surface area (Å²) in [6, 6.07) is 5.49. The molecule has 0 saturated heterocycles. The number of rotatable bonds is 5. The largest absolute Gasteiger partial charge is 0.314 e. The summed E-state index contributed by atoms with van der Waals surface area (Å²) in [5.41, 5.74) is 0.907. The predicted octanol–water partition coefficient (Wildman–Crippen LogP) is 4.44. The average molecular weight is 296 g/mol. The van der Waals surface area contributed by atoms with Crippen molar-refractivity contribution in [2.45, 2.75) is 45.6 Å². The van der Waals surface area contributed by atoms with Crippen LogP contribution in [0.5, 0.6) is 0 Å². The van der Waals surface area contributed by atoms with Crippen LogP contribution >= 0.6 is 11.6 Å². The van der Waals surface area contributed by atoms with Crippen molar-refractivity contribution in [3.63, 3.8) is 0 Å². The van der Waals surface area contributed by atoms with Crippen LogP contribution in [0.3, 0.4) is 0 Å². The van der Waals surface area contributed by atoms with Crippen molar-refractivity contribution in [2.24, 2.45) is 17.3 Å². The standard InChI is InChI=1S/C17H23ClFN/c1-11(2)20-10-17(7-12-6-13(12)8-17)9-14-15(18)4-3-5-16(14)19/h3-5,11-13,20H,6-10H2,1-2H3. The van der Waals surface area contributed by atoms with E-state index in [9.17, 15) is 4.39 Å². The minimum Gasteiger partial charge on any atom is -0.314 e. The van der Waals surface area contributed by atoms with Crippen molar-refractivity contribution < 1.29 is 4.39 Å². The Morgan fingerprint density at radius 3 is 2.65 bits per heavy atom. The molecule has 1 nitrogen and oxygen atoms in total. The molecule has 3 heteroatoms. The summed E-state index contributed by atoms with van der Waals surface area (Å²) in [6.45, 7) is 5.31. The SMILES string of the molecule is CC(C)NCC1(Cc2c(F)cccc2Cl)CC2CC2C1. The van der Waals surface area contributed by atoms with Gasteiger partial charge in [-0.05, 0) is 55.1 Å². The molecule has 0 amide bonds. The topological polar surface area (TPSA) is 12.0 Å². The van der Waals surface area contributed by atoms with E-state index in [1.54, 1.807) is 12.1 Å². The third kappa shape index (κ3) is 2.87. The fourth-order valence-corrected chi connectivity index (χ4v) is 4.08. The van der Waals surface area contributed by atoms with Crippen LogP contribution in [0.2, 0.25) is 5.02 Å². The molecule has 1 aromatic carbocycles. The fourth-order valence-electron chi connectivity index (χ4n) is 3.85. The lowest BCUT2D eigenvalue weighted by molar-refractivity contribution is 0.239. The Labute approximate surface area is 125 Å². The highest BCUT2D eigenvalue weighted by molar-refractivity contribution is 6.31. The Bertz CT molecular complexity index is 470. The van der Waals surface area contributed by atoms with Gasteiger partial charge in [0.25, 0.3) is 0 Å². The summed E-state index contributed by atoms with van der Waals surface area (Å²) in [4.78, 5) is 0. The first-order chi connectivity index (χ1) is 9.49. The highest BCUT2D eigenvalue weighted by Gasteiger charge is 2.53. The monoisotopic (exact) mass is 295 g/mol. The third-order valence-electron chi connectivity index (χ3n) is 4.96. The van der Waals surface area contributed by atoms with Crippen molar-refractivity contribution in [3.8, 4) is 0 Å². The molecule has 1 N–H and O–H groups in total. The molecule has 2 saturated carbocycles. The number of halogens is 2. The molecule has 2 unspecified atom stereocenters. The van der Waals surface area contributed by atoms with Gasteiger partial charge in [-0.25, -0.2) is 4.39 Å². The van der Waals surface area contributed by atoms with E-state index in [0.717, 1.165) is 24.8 Å². The molecule has 2 atom stereocenters. The van der Waals surface area contributed by atoms with Crippen molar-refractivity contribution >= 4 is 11.6 Å². The smallest absolute Gasteiger partial charge is 0.127 e. The van der Waals surface area contributed by atoms with Crippen LogP contribution in [-0.2, 0) is 6.42 Å². The molecule has 0 spiro atoms. The Morgan fingerprint density at radius 1 is 1.35 bits per heavy atom. The molecule has 0 radical (unpaired) electrons. The summed E-state index contributed by atoms with van der Waals surface area (Å²) in [5, 5.41) is 4.14. The predicted molar refractivity (Wildman–Crippen MR) is 81.5 cm³/mol. The Morgan fingerprint density at radius 2 is 2.05 bits per heavy atom. The Balaban J connectivity index is 1.80. The molecule has 2 fully saturated rings. The van der Waals surface area contributed by atoms with Crippen molar-refractivity contribution in [1.82, 2.24) is 5.32 Å². The van der Waals surface area contributed by atoms with E-state index in [1.807, 2.05) is 0 Å². The van der Waals surface area contributed by atoms with Gasteiger partial charge < -0.3 is 5.32 Å². The highest BCUT2D eigenvalue weighted by atomic mass is 35.5. The van der Waals surface area contributed by atoms with Crippen LogP contribution in [-0.4, -0.2) is 12.6 Å². The van der Waals surface area contributed by atoms with Crippen LogP contribution in [0.25, 0.3) is 0 Å². The molecule has 1 aromatic rings. The van der Waals surface area contributed by atoms with Gasteiger partial charge >= 0.3 is 0 Å². The first kappa shape index (κ1) is 14.3. The molecule has 0 aliphatic heterocycles. The van der Waals surface area contributed by atoms with Gasteiger partial charge in [0.15, 0.2) is 0 Å². The zero-order chi connectivity index (χ0) is 14.3. The molecule has 2 aliphatic carbocycles. The van der Waals surface area contributed by atoms with Crippen molar-refractivity contribution in [1.29, 1.82) is 0 Å². The van der Waals surface area contributed by atoms with Gasteiger partial charge in [-0.15, -0.1) is 0 Å². The molecular formula is C17H23ClFN. The second-order valence-corrected chi connectivity index (χ2v) is 7.48. The molecular weight excluding hydrogens is 273 g/mol. The number of benzene rings is 1. The molecule has 3 rings (SSSR count). The van der Waals surface area contributed by atoms with E-state index in [0.29, 0.717) is 16.6 Å². The maximum atomic E-state index is 14.1. The van der Waals surface area contributed by atoms with E-state index in [-0.39, 0.29) is 11.2 Å². The number of hydrogen-bond acceptors (Lipinski definition) is 1. The molecule has 0 bridgehead atoms. The fraction of sp³-hybridized carbons (Fsp3) is 0.647. The maximum Gasteiger partial charge on any atom is 0.127 e. The van der Waals surface area contributed by atoms with Gasteiger partial charge in [-0.1, -0.05) is 31.5 Å². The third-order valence-corrected chi connectivity index (χ3v) is 5.31. The average Bonchev–Trinajstić information content (AvgIpc) is 3.00. The summed E-state index contributed by atoms with van der Waals surface area (Å²) < 4.78 is 14.1. The molecule has 0 aromatic heterocycles. The van der Waals surface area contributed by atoms with Gasteiger partial charge in [0, 0.05) is 23.2 Å². The van der Waals surface area contributed by atoms with Crippen LogP contribution < -0.4 is 5.32 Å². The quantitative estimate of drug-likeness (QED) is 0.847. The van der Waals surface area contributed by atoms with Crippen LogP contribution in [0.15, 0.2) is 18.2 Å². The minimum atomic E-state index is -0.151. The lowest BCUT2D eigenvalue weighted by Gasteiger charge is -2.33. The second-order valence-electron chi connectivity index (χ2n) is 7.08. The zero-order valence-electron chi connectivity index (χ0n) is 12.3. The Hall–Kier alpha value is -0.600. The second kappa shape index (κ2) is 5.31. The van der Waals surface area contributed by atoms with Crippen LogP contribution in [0.1, 0.15) is 38.7 Å². The molecule has 2 aliphatic rings. The lowest BCUT2D eigenvalue weighted by atomic mass is 9.77. The first-order valence-corrected chi connectivity index (χ1v) is 8.03. The normalized spacial score (nSPS) is 31.6. The van der Waals surface area contributed by atoms with E-state index in [2.05, 4.69) is 19.2 Å².